The summed E-state index contributed by atoms with van der Waals surface area (Å²) >= 11 is 0. The molecule has 0 aliphatic carbocycles. The zero-order chi connectivity index (χ0) is 12.1. The quantitative estimate of drug-likeness (QED) is 0.804. The second kappa shape index (κ2) is 5.08. The minimum atomic E-state index is 0.348. The lowest BCUT2D eigenvalue weighted by atomic mass is 10.1. The van der Waals surface area contributed by atoms with Crippen molar-refractivity contribution in [2.24, 2.45) is 0 Å². The van der Waals surface area contributed by atoms with Crippen LogP contribution in [0.5, 0.6) is 5.75 Å². The molecule has 0 unspecified atom stereocenters. The second-order valence-corrected chi connectivity index (χ2v) is 3.33. The number of nitrogens with zero attached hydrogens (tertiary/aromatic N) is 3. The van der Waals surface area contributed by atoms with Crippen molar-refractivity contribution >= 4 is 0 Å². The molecule has 0 saturated heterocycles. The molecule has 2 rings (SSSR count). The first-order valence-electron chi connectivity index (χ1n) is 5.29. The third-order valence-electron chi connectivity index (χ3n) is 2.24. The van der Waals surface area contributed by atoms with Gasteiger partial charge in [-0.2, -0.15) is 5.26 Å². The van der Waals surface area contributed by atoms with Gasteiger partial charge in [-0.25, -0.2) is 9.97 Å². The van der Waals surface area contributed by atoms with Gasteiger partial charge in [-0.05, 0) is 19.1 Å². The molecule has 0 aliphatic rings. The molecule has 4 heteroatoms. The second-order valence-electron chi connectivity index (χ2n) is 3.33. The van der Waals surface area contributed by atoms with Crippen molar-refractivity contribution in [2.75, 3.05) is 6.61 Å². The number of benzene rings is 1. The average molecular weight is 225 g/mol. The van der Waals surface area contributed by atoms with Crippen molar-refractivity contribution in [1.82, 2.24) is 9.97 Å². The molecular weight excluding hydrogens is 214 g/mol. The lowest BCUT2D eigenvalue weighted by molar-refractivity contribution is 0.341. The van der Waals surface area contributed by atoms with Crippen molar-refractivity contribution in [3.05, 3.63) is 42.4 Å². The van der Waals surface area contributed by atoms with Crippen LogP contribution in [0.25, 0.3) is 11.3 Å². The molecule has 17 heavy (non-hydrogen) atoms. The maximum absolute atomic E-state index is 8.81. The van der Waals surface area contributed by atoms with E-state index in [1.54, 1.807) is 6.07 Å². The summed E-state index contributed by atoms with van der Waals surface area (Å²) in [7, 11) is 0. The summed E-state index contributed by atoms with van der Waals surface area (Å²) in [6.07, 6.45) is 1.39. The molecular formula is C13H11N3O. The largest absolute Gasteiger partial charge is 0.493 e. The SMILES string of the molecule is CCOc1ccccc1-c1cc(C#N)ncn1. The number of nitriles is 1. The van der Waals surface area contributed by atoms with Crippen molar-refractivity contribution in [2.45, 2.75) is 6.92 Å². The summed E-state index contributed by atoms with van der Waals surface area (Å²) in [4.78, 5) is 8.00. The monoisotopic (exact) mass is 225 g/mol. The molecule has 0 atom stereocenters. The highest BCUT2D eigenvalue weighted by atomic mass is 16.5. The maximum atomic E-state index is 8.81. The Morgan fingerprint density at radius 2 is 2.12 bits per heavy atom. The Hall–Kier alpha value is -2.41. The van der Waals surface area contributed by atoms with Gasteiger partial charge in [-0.3, -0.25) is 0 Å². The van der Waals surface area contributed by atoms with E-state index in [0.717, 1.165) is 11.3 Å². The fourth-order valence-electron chi connectivity index (χ4n) is 1.53. The van der Waals surface area contributed by atoms with E-state index < -0.39 is 0 Å². The Balaban J connectivity index is 2.48. The molecule has 84 valence electrons. The topological polar surface area (TPSA) is 58.8 Å². The highest BCUT2D eigenvalue weighted by molar-refractivity contribution is 5.67. The van der Waals surface area contributed by atoms with Gasteiger partial charge in [0.2, 0.25) is 0 Å². The lowest BCUT2D eigenvalue weighted by Crippen LogP contribution is -1.95. The number of ether oxygens (including phenoxy) is 1. The third kappa shape index (κ3) is 2.40. The molecule has 0 amide bonds. The molecule has 0 spiro atoms. The number of aromatic nitrogens is 2. The number of hydrogen-bond donors (Lipinski definition) is 0. The molecule has 0 aliphatic heterocycles. The third-order valence-corrected chi connectivity index (χ3v) is 2.24. The van der Waals surface area contributed by atoms with Gasteiger partial charge in [0.15, 0.2) is 0 Å². The molecule has 1 heterocycles. The van der Waals surface area contributed by atoms with Crippen LogP contribution in [0.2, 0.25) is 0 Å². The molecule has 2 aromatic rings. The van der Waals surface area contributed by atoms with Gasteiger partial charge >= 0.3 is 0 Å². The minimum Gasteiger partial charge on any atom is -0.493 e. The summed E-state index contributed by atoms with van der Waals surface area (Å²) in [5.41, 5.74) is 1.91. The van der Waals surface area contributed by atoms with Gasteiger partial charge in [0, 0.05) is 11.6 Å². The van der Waals surface area contributed by atoms with Crippen molar-refractivity contribution < 1.29 is 4.74 Å². The minimum absolute atomic E-state index is 0.348. The van der Waals surface area contributed by atoms with E-state index in [1.807, 2.05) is 37.3 Å². The zero-order valence-corrected chi connectivity index (χ0v) is 9.42. The van der Waals surface area contributed by atoms with Crippen LogP contribution in [0.15, 0.2) is 36.7 Å². The highest BCUT2D eigenvalue weighted by Crippen LogP contribution is 2.28. The van der Waals surface area contributed by atoms with Gasteiger partial charge in [0.1, 0.15) is 23.8 Å². The first-order valence-corrected chi connectivity index (χ1v) is 5.29. The van der Waals surface area contributed by atoms with E-state index in [0.29, 0.717) is 18.0 Å². The van der Waals surface area contributed by atoms with Crippen LogP contribution in [0.4, 0.5) is 0 Å². The van der Waals surface area contributed by atoms with Gasteiger partial charge in [-0.1, -0.05) is 12.1 Å². The highest BCUT2D eigenvalue weighted by Gasteiger charge is 2.07. The fraction of sp³-hybridized carbons (Fsp3) is 0.154. The zero-order valence-electron chi connectivity index (χ0n) is 9.42. The summed E-state index contributed by atoms with van der Waals surface area (Å²) < 4.78 is 5.52. The van der Waals surface area contributed by atoms with E-state index in [1.165, 1.54) is 6.33 Å². The molecule has 0 fully saturated rings. The van der Waals surface area contributed by atoms with Crippen LogP contribution >= 0.6 is 0 Å². The van der Waals surface area contributed by atoms with Crippen LogP contribution in [0, 0.1) is 11.3 Å². The molecule has 1 aromatic carbocycles. The number of para-hydroxylation sites is 1. The normalized spacial score (nSPS) is 9.65. The Kier molecular flexibility index (Phi) is 3.31. The molecule has 0 radical (unpaired) electrons. The van der Waals surface area contributed by atoms with Gasteiger partial charge in [0.25, 0.3) is 0 Å². The Morgan fingerprint density at radius 1 is 1.29 bits per heavy atom. The summed E-state index contributed by atoms with van der Waals surface area (Å²) in [5, 5.41) is 8.81. The van der Waals surface area contributed by atoms with Crippen molar-refractivity contribution in [3.8, 4) is 23.1 Å². The first-order chi connectivity index (χ1) is 8.35. The summed E-state index contributed by atoms with van der Waals surface area (Å²) in [6, 6.07) is 11.3. The van der Waals surface area contributed by atoms with E-state index in [-0.39, 0.29) is 0 Å². The predicted octanol–water partition coefficient (Wildman–Crippen LogP) is 2.41. The first kappa shape index (κ1) is 11.1. The Bertz CT molecular complexity index is 561. The average Bonchev–Trinajstić information content (AvgIpc) is 2.40. The predicted molar refractivity (Wildman–Crippen MR) is 63.4 cm³/mol. The van der Waals surface area contributed by atoms with E-state index in [2.05, 4.69) is 9.97 Å². The van der Waals surface area contributed by atoms with Crippen LogP contribution < -0.4 is 4.74 Å². The summed E-state index contributed by atoms with van der Waals surface area (Å²) in [5.74, 6) is 0.762. The van der Waals surface area contributed by atoms with Crippen LogP contribution in [-0.2, 0) is 0 Å². The van der Waals surface area contributed by atoms with E-state index in [9.17, 15) is 0 Å². The van der Waals surface area contributed by atoms with Crippen LogP contribution in [0.1, 0.15) is 12.6 Å². The standard InChI is InChI=1S/C13H11N3O/c1-2-17-13-6-4-3-5-11(13)12-7-10(8-14)15-9-16-12/h3-7,9H,2H2,1H3. The molecule has 1 aromatic heterocycles. The van der Waals surface area contributed by atoms with Crippen LogP contribution in [0.3, 0.4) is 0 Å². The fourth-order valence-corrected chi connectivity index (χ4v) is 1.53. The lowest BCUT2D eigenvalue weighted by Gasteiger charge is -2.08. The molecule has 0 N–H and O–H groups in total. The van der Waals surface area contributed by atoms with Crippen molar-refractivity contribution in [1.29, 1.82) is 5.26 Å². The number of rotatable bonds is 3. The Morgan fingerprint density at radius 3 is 2.88 bits per heavy atom. The molecule has 0 bridgehead atoms. The van der Waals surface area contributed by atoms with Gasteiger partial charge < -0.3 is 4.74 Å². The maximum Gasteiger partial charge on any atom is 0.144 e. The van der Waals surface area contributed by atoms with Crippen LogP contribution in [-0.4, -0.2) is 16.6 Å². The van der Waals surface area contributed by atoms with Gasteiger partial charge in [0.05, 0.1) is 12.3 Å². The number of hydrogen-bond acceptors (Lipinski definition) is 4. The smallest absolute Gasteiger partial charge is 0.144 e. The summed E-state index contributed by atoms with van der Waals surface area (Å²) in [6.45, 7) is 2.52. The van der Waals surface area contributed by atoms with E-state index in [4.69, 9.17) is 10.00 Å². The van der Waals surface area contributed by atoms with E-state index >= 15 is 0 Å². The Labute approximate surface area is 99.5 Å². The molecule has 0 saturated carbocycles. The molecule has 4 nitrogen and oxygen atoms in total. The van der Waals surface area contributed by atoms with Gasteiger partial charge in [-0.15, -0.1) is 0 Å². The van der Waals surface area contributed by atoms with Crippen molar-refractivity contribution in [3.63, 3.8) is 0 Å².